The third-order valence-corrected chi connectivity index (χ3v) is 8.53. The molecule has 3 amide bonds. The van der Waals surface area contributed by atoms with E-state index in [2.05, 4.69) is 0 Å². The number of rotatable bonds is 6. The van der Waals surface area contributed by atoms with Crippen LogP contribution in [0.1, 0.15) is 55.8 Å². The Hall–Kier alpha value is -2.06. The quantitative estimate of drug-likeness (QED) is 0.657. The molecule has 3 saturated heterocycles. The van der Waals surface area contributed by atoms with E-state index in [1.54, 1.807) is 15.9 Å². The van der Waals surface area contributed by atoms with Gasteiger partial charge in [-0.05, 0) is 50.5 Å². The fourth-order valence-electron chi connectivity index (χ4n) is 5.62. The number of fused-ring (bicyclic) bond motifs is 3. The molecule has 4 heterocycles. The number of carbonyl (C=O) groups excluding carboxylic acids is 3. The van der Waals surface area contributed by atoms with Crippen LogP contribution in [0.2, 0.25) is 0 Å². The molecule has 0 aliphatic carbocycles. The molecule has 0 aromatic heterocycles. The Morgan fingerprint density at radius 1 is 1.28 bits per heavy atom. The van der Waals surface area contributed by atoms with Gasteiger partial charge in [-0.2, -0.15) is 11.8 Å². The number of amides is 3. The van der Waals surface area contributed by atoms with Gasteiger partial charge >= 0.3 is 0 Å². The van der Waals surface area contributed by atoms with Crippen molar-refractivity contribution in [2.24, 2.45) is 0 Å². The number of hydrogen-bond acceptors (Lipinski definition) is 5. The van der Waals surface area contributed by atoms with Crippen LogP contribution in [0, 0.1) is 0 Å². The zero-order valence-corrected chi connectivity index (χ0v) is 19.4. The minimum atomic E-state index is -0.717. The molecule has 172 valence electrons. The SMILES string of the molecule is CC12CCC(=O)N1c1ccccc1C(=O)N2CCC(=O)N(CC1CCCO1)C1CCSC1. The minimum absolute atomic E-state index is 0.0340. The molecule has 8 heteroatoms. The van der Waals surface area contributed by atoms with E-state index in [9.17, 15) is 14.4 Å². The Balaban J connectivity index is 1.35. The van der Waals surface area contributed by atoms with Crippen LogP contribution in [-0.2, 0) is 14.3 Å². The van der Waals surface area contributed by atoms with Gasteiger partial charge in [0.25, 0.3) is 5.91 Å². The maximum atomic E-state index is 13.4. The standard InChI is InChI=1S/C24H31N3O4S/c1-24-11-8-22(29)27(24)20-7-3-2-6-19(20)23(30)26(24)12-9-21(28)25(17-10-14-32-16-17)15-18-5-4-13-31-18/h2-3,6-7,17-18H,4-5,8-16H2,1H3. The first-order valence-electron chi connectivity index (χ1n) is 11.7. The minimum Gasteiger partial charge on any atom is -0.376 e. The van der Waals surface area contributed by atoms with Crippen LogP contribution in [0.25, 0.3) is 0 Å². The molecule has 3 unspecified atom stereocenters. The first-order chi connectivity index (χ1) is 15.5. The molecule has 1 aromatic rings. The molecule has 32 heavy (non-hydrogen) atoms. The average Bonchev–Trinajstić information content (AvgIpc) is 3.54. The Morgan fingerprint density at radius 2 is 2.12 bits per heavy atom. The van der Waals surface area contributed by atoms with E-state index in [0.717, 1.165) is 37.4 Å². The molecule has 4 aliphatic heterocycles. The summed E-state index contributed by atoms with van der Waals surface area (Å²) in [6.07, 6.45) is 4.44. The molecular formula is C24H31N3O4S. The molecule has 3 atom stereocenters. The monoisotopic (exact) mass is 457 g/mol. The van der Waals surface area contributed by atoms with Crippen LogP contribution in [0.15, 0.2) is 24.3 Å². The largest absolute Gasteiger partial charge is 0.376 e. The second-order valence-corrected chi connectivity index (χ2v) is 10.5. The van der Waals surface area contributed by atoms with Crippen molar-refractivity contribution in [1.82, 2.24) is 9.80 Å². The number of ether oxygens (including phenoxy) is 1. The summed E-state index contributed by atoms with van der Waals surface area (Å²) in [6.45, 7) is 3.68. The van der Waals surface area contributed by atoms with Crippen molar-refractivity contribution in [3.8, 4) is 0 Å². The molecule has 4 aliphatic rings. The van der Waals surface area contributed by atoms with Crippen LogP contribution in [-0.4, -0.2) is 76.5 Å². The smallest absolute Gasteiger partial charge is 0.257 e. The van der Waals surface area contributed by atoms with Crippen molar-refractivity contribution in [2.45, 2.75) is 63.3 Å². The van der Waals surface area contributed by atoms with Gasteiger partial charge in [0, 0.05) is 44.3 Å². The summed E-state index contributed by atoms with van der Waals surface area (Å²) in [5.74, 6) is 2.07. The normalized spacial score (nSPS) is 29.4. The predicted octanol–water partition coefficient (Wildman–Crippen LogP) is 2.89. The van der Waals surface area contributed by atoms with Crippen LogP contribution < -0.4 is 4.90 Å². The van der Waals surface area contributed by atoms with E-state index in [1.165, 1.54) is 0 Å². The van der Waals surface area contributed by atoms with E-state index in [1.807, 2.05) is 41.8 Å². The Bertz CT molecular complexity index is 912. The fourth-order valence-corrected chi connectivity index (χ4v) is 6.85. The van der Waals surface area contributed by atoms with E-state index in [-0.39, 0.29) is 36.3 Å². The average molecular weight is 458 g/mol. The van der Waals surface area contributed by atoms with Gasteiger partial charge in [0.1, 0.15) is 5.66 Å². The highest BCUT2D eigenvalue weighted by molar-refractivity contribution is 7.99. The number of anilines is 1. The number of thioether (sulfide) groups is 1. The van der Waals surface area contributed by atoms with Crippen molar-refractivity contribution in [2.75, 3.05) is 36.1 Å². The van der Waals surface area contributed by atoms with Gasteiger partial charge in [-0.25, -0.2) is 0 Å². The lowest BCUT2D eigenvalue weighted by atomic mass is 9.98. The third-order valence-electron chi connectivity index (χ3n) is 7.39. The van der Waals surface area contributed by atoms with Gasteiger partial charge in [-0.15, -0.1) is 0 Å². The summed E-state index contributed by atoms with van der Waals surface area (Å²) in [5, 5.41) is 0. The van der Waals surface area contributed by atoms with E-state index >= 15 is 0 Å². The molecule has 3 fully saturated rings. The molecule has 0 saturated carbocycles. The first kappa shape index (κ1) is 21.8. The number of carbonyl (C=O) groups is 3. The van der Waals surface area contributed by atoms with E-state index < -0.39 is 5.66 Å². The molecule has 1 aromatic carbocycles. The Kier molecular flexibility index (Phi) is 5.92. The maximum absolute atomic E-state index is 13.4. The molecule has 0 spiro atoms. The van der Waals surface area contributed by atoms with Crippen LogP contribution in [0.5, 0.6) is 0 Å². The highest BCUT2D eigenvalue weighted by Crippen LogP contribution is 2.44. The van der Waals surface area contributed by atoms with Gasteiger partial charge < -0.3 is 14.5 Å². The molecule has 0 N–H and O–H groups in total. The van der Waals surface area contributed by atoms with Gasteiger partial charge in [-0.1, -0.05) is 12.1 Å². The highest BCUT2D eigenvalue weighted by Gasteiger charge is 2.53. The summed E-state index contributed by atoms with van der Waals surface area (Å²) in [7, 11) is 0. The topological polar surface area (TPSA) is 70.2 Å². The summed E-state index contributed by atoms with van der Waals surface area (Å²) < 4.78 is 5.82. The molecule has 0 bridgehead atoms. The maximum Gasteiger partial charge on any atom is 0.257 e. The van der Waals surface area contributed by atoms with Gasteiger partial charge in [0.15, 0.2) is 0 Å². The summed E-state index contributed by atoms with van der Waals surface area (Å²) in [6, 6.07) is 7.55. The zero-order chi connectivity index (χ0) is 22.3. The van der Waals surface area contributed by atoms with Gasteiger partial charge in [0.2, 0.25) is 11.8 Å². The molecular weight excluding hydrogens is 426 g/mol. The van der Waals surface area contributed by atoms with Crippen molar-refractivity contribution < 1.29 is 19.1 Å². The zero-order valence-electron chi connectivity index (χ0n) is 18.6. The summed E-state index contributed by atoms with van der Waals surface area (Å²) in [4.78, 5) is 45.1. The fraction of sp³-hybridized carbons (Fsp3) is 0.625. The van der Waals surface area contributed by atoms with Gasteiger partial charge in [0.05, 0.1) is 17.4 Å². The number of hydrogen-bond donors (Lipinski definition) is 0. The predicted molar refractivity (Wildman–Crippen MR) is 124 cm³/mol. The Labute approximate surface area is 193 Å². The highest BCUT2D eigenvalue weighted by atomic mass is 32.2. The molecule has 5 rings (SSSR count). The first-order valence-corrected chi connectivity index (χ1v) is 12.9. The van der Waals surface area contributed by atoms with Crippen molar-refractivity contribution in [3.63, 3.8) is 0 Å². The van der Waals surface area contributed by atoms with Crippen molar-refractivity contribution in [3.05, 3.63) is 29.8 Å². The van der Waals surface area contributed by atoms with Crippen molar-refractivity contribution >= 4 is 35.2 Å². The molecule has 0 radical (unpaired) electrons. The van der Waals surface area contributed by atoms with Gasteiger partial charge in [-0.3, -0.25) is 19.3 Å². The Morgan fingerprint density at radius 3 is 2.88 bits per heavy atom. The summed E-state index contributed by atoms with van der Waals surface area (Å²) in [5.41, 5.74) is 0.509. The van der Waals surface area contributed by atoms with Crippen molar-refractivity contribution in [1.29, 1.82) is 0 Å². The number of nitrogens with zero attached hydrogens (tertiary/aromatic N) is 3. The lowest BCUT2D eigenvalue weighted by Crippen LogP contribution is -2.62. The summed E-state index contributed by atoms with van der Waals surface area (Å²) >= 11 is 1.89. The lowest BCUT2D eigenvalue weighted by Gasteiger charge is -2.48. The van der Waals surface area contributed by atoms with Crippen LogP contribution in [0.4, 0.5) is 5.69 Å². The number of para-hydroxylation sites is 1. The molecule has 7 nitrogen and oxygen atoms in total. The third kappa shape index (κ3) is 3.71. The second-order valence-electron chi connectivity index (χ2n) is 9.37. The second kappa shape index (κ2) is 8.71. The lowest BCUT2D eigenvalue weighted by molar-refractivity contribution is -0.135. The van der Waals surface area contributed by atoms with Crippen LogP contribution >= 0.6 is 11.8 Å². The van der Waals surface area contributed by atoms with Crippen LogP contribution in [0.3, 0.4) is 0 Å². The number of benzene rings is 1. The van der Waals surface area contributed by atoms with E-state index in [0.29, 0.717) is 37.2 Å². The van der Waals surface area contributed by atoms with E-state index in [4.69, 9.17) is 4.74 Å².